The van der Waals surface area contributed by atoms with E-state index in [1.807, 2.05) is 30.3 Å². The molecule has 2 aromatic heterocycles. The Morgan fingerprint density at radius 2 is 1.92 bits per heavy atom. The molecule has 0 unspecified atom stereocenters. The fourth-order valence-electron chi connectivity index (χ4n) is 2.49. The molecule has 4 aromatic rings. The average Bonchev–Trinajstić information content (AvgIpc) is 3.11. The molecular formula is C18H13N3O3. The van der Waals surface area contributed by atoms with E-state index >= 15 is 0 Å². The Kier molecular flexibility index (Phi) is 3.35. The summed E-state index contributed by atoms with van der Waals surface area (Å²) in [6, 6.07) is 16.5. The molecule has 0 saturated carbocycles. The number of fused-ring (bicyclic) bond motifs is 1. The van der Waals surface area contributed by atoms with E-state index in [4.69, 9.17) is 9.15 Å². The van der Waals surface area contributed by atoms with E-state index in [0.29, 0.717) is 28.5 Å². The standard InChI is InChI=1S/C18H13N3O3/c1-23-13-7-8-15-12(9-13)10-14(18(22)24-15)17-19-16(20-21-17)11-5-3-2-4-6-11/h2-10H,1H3,(H,19,20,21). The molecule has 0 saturated heterocycles. The first-order chi connectivity index (χ1) is 11.7. The van der Waals surface area contributed by atoms with Crippen molar-refractivity contribution in [1.29, 1.82) is 0 Å². The predicted octanol–water partition coefficient (Wildman–Crippen LogP) is 3.25. The van der Waals surface area contributed by atoms with Gasteiger partial charge in [-0.05, 0) is 24.3 Å². The minimum absolute atomic E-state index is 0.324. The van der Waals surface area contributed by atoms with Crippen LogP contribution in [0.3, 0.4) is 0 Å². The monoisotopic (exact) mass is 319 g/mol. The molecule has 24 heavy (non-hydrogen) atoms. The smallest absolute Gasteiger partial charge is 0.347 e. The maximum Gasteiger partial charge on any atom is 0.347 e. The Balaban J connectivity index is 1.83. The van der Waals surface area contributed by atoms with Gasteiger partial charge in [-0.3, -0.25) is 5.10 Å². The molecule has 0 radical (unpaired) electrons. The van der Waals surface area contributed by atoms with Gasteiger partial charge in [0.1, 0.15) is 16.9 Å². The molecule has 0 aliphatic heterocycles. The quantitative estimate of drug-likeness (QED) is 0.586. The van der Waals surface area contributed by atoms with Crippen molar-refractivity contribution >= 4 is 11.0 Å². The molecule has 2 heterocycles. The fraction of sp³-hybridized carbons (Fsp3) is 0.0556. The summed E-state index contributed by atoms with van der Waals surface area (Å²) in [6.07, 6.45) is 0. The zero-order valence-corrected chi connectivity index (χ0v) is 12.8. The summed E-state index contributed by atoms with van der Waals surface area (Å²) in [7, 11) is 1.59. The number of hydrogen-bond acceptors (Lipinski definition) is 5. The van der Waals surface area contributed by atoms with E-state index in [1.165, 1.54) is 0 Å². The van der Waals surface area contributed by atoms with E-state index in [2.05, 4.69) is 15.2 Å². The highest BCUT2D eigenvalue weighted by Gasteiger charge is 2.13. The van der Waals surface area contributed by atoms with Crippen molar-refractivity contribution in [2.75, 3.05) is 7.11 Å². The van der Waals surface area contributed by atoms with Gasteiger partial charge >= 0.3 is 5.63 Å². The summed E-state index contributed by atoms with van der Waals surface area (Å²) in [5.74, 6) is 1.58. The van der Waals surface area contributed by atoms with Gasteiger partial charge in [-0.2, -0.15) is 5.10 Å². The lowest BCUT2D eigenvalue weighted by Crippen LogP contribution is -2.03. The number of nitrogens with zero attached hydrogens (tertiary/aromatic N) is 2. The number of ether oxygens (including phenoxy) is 1. The number of benzene rings is 2. The molecule has 118 valence electrons. The zero-order chi connectivity index (χ0) is 16.5. The van der Waals surface area contributed by atoms with E-state index in [1.54, 1.807) is 31.4 Å². The van der Waals surface area contributed by atoms with Crippen LogP contribution in [0.15, 0.2) is 63.8 Å². The summed E-state index contributed by atoms with van der Waals surface area (Å²) in [6.45, 7) is 0. The second kappa shape index (κ2) is 5.66. The molecule has 4 rings (SSSR count). The molecule has 0 spiro atoms. The number of rotatable bonds is 3. The molecule has 0 aliphatic carbocycles. The molecule has 0 atom stereocenters. The Labute approximate surface area is 136 Å². The van der Waals surface area contributed by atoms with E-state index in [9.17, 15) is 4.79 Å². The van der Waals surface area contributed by atoms with Crippen LogP contribution in [0, 0.1) is 0 Å². The summed E-state index contributed by atoms with van der Waals surface area (Å²) >= 11 is 0. The van der Waals surface area contributed by atoms with E-state index < -0.39 is 5.63 Å². The Morgan fingerprint density at radius 1 is 1.08 bits per heavy atom. The van der Waals surface area contributed by atoms with Gasteiger partial charge in [0.05, 0.1) is 7.11 Å². The van der Waals surface area contributed by atoms with E-state index in [-0.39, 0.29) is 0 Å². The highest BCUT2D eigenvalue weighted by Crippen LogP contribution is 2.24. The molecular weight excluding hydrogens is 306 g/mol. The highest BCUT2D eigenvalue weighted by molar-refractivity contribution is 5.82. The lowest BCUT2D eigenvalue weighted by molar-refractivity contribution is 0.415. The number of aromatic amines is 1. The van der Waals surface area contributed by atoms with Crippen molar-refractivity contribution < 1.29 is 9.15 Å². The molecule has 6 nitrogen and oxygen atoms in total. The minimum atomic E-state index is -0.469. The lowest BCUT2D eigenvalue weighted by atomic mass is 10.1. The van der Waals surface area contributed by atoms with Crippen molar-refractivity contribution in [2.45, 2.75) is 0 Å². The SMILES string of the molecule is COc1ccc2oc(=O)c(-c3nc(-c4ccccc4)n[nH]3)cc2c1. The second-order valence-electron chi connectivity index (χ2n) is 5.22. The summed E-state index contributed by atoms with van der Waals surface area (Å²) in [5, 5.41) is 7.73. The van der Waals surface area contributed by atoms with Gasteiger partial charge < -0.3 is 9.15 Å². The minimum Gasteiger partial charge on any atom is -0.497 e. The summed E-state index contributed by atoms with van der Waals surface area (Å²) < 4.78 is 10.6. The van der Waals surface area contributed by atoms with Gasteiger partial charge in [0.15, 0.2) is 11.6 Å². The molecule has 0 fully saturated rings. The number of H-pyrrole nitrogens is 1. The molecule has 0 aliphatic rings. The molecule has 1 N–H and O–H groups in total. The van der Waals surface area contributed by atoms with Crippen LogP contribution < -0.4 is 10.4 Å². The Hall–Kier alpha value is -3.41. The number of hydrogen-bond donors (Lipinski definition) is 1. The number of nitrogens with one attached hydrogen (secondary N) is 1. The van der Waals surface area contributed by atoms with Crippen LogP contribution in [0.4, 0.5) is 0 Å². The third-order valence-electron chi connectivity index (χ3n) is 3.71. The third kappa shape index (κ3) is 2.44. The summed E-state index contributed by atoms with van der Waals surface area (Å²) in [4.78, 5) is 16.7. The second-order valence-corrected chi connectivity index (χ2v) is 5.22. The van der Waals surface area contributed by atoms with Crippen LogP contribution >= 0.6 is 0 Å². The van der Waals surface area contributed by atoms with Gasteiger partial charge in [-0.15, -0.1) is 0 Å². The summed E-state index contributed by atoms with van der Waals surface area (Å²) in [5.41, 5.74) is 1.22. The Bertz CT molecular complexity index is 1070. The highest BCUT2D eigenvalue weighted by atomic mass is 16.5. The van der Waals surface area contributed by atoms with Crippen molar-refractivity contribution in [3.8, 4) is 28.5 Å². The maximum atomic E-state index is 12.2. The van der Waals surface area contributed by atoms with Crippen LogP contribution in [0.5, 0.6) is 5.75 Å². The van der Waals surface area contributed by atoms with Crippen LogP contribution in [0.2, 0.25) is 0 Å². The lowest BCUT2D eigenvalue weighted by Gasteiger charge is -2.02. The molecule has 0 amide bonds. The first kappa shape index (κ1) is 14.2. The van der Waals surface area contributed by atoms with Crippen molar-refractivity contribution in [2.24, 2.45) is 0 Å². The normalized spacial score (nSPS) is 10.9. The van der Waals surface area contributed by atoms with Gasteiger partial charge in [0.2, 0.25) is 0 Å². The van der Waals surface area contributed by atoms with Crippen molar-refractivity contribution in [1.82, 2.24) is 15.2 Å². The van der Waals surface area contributed by atoms with Crippen LogP contribution in [0.1, 0.15) is 0 Å². The molecule has 0 bridgehead atoms. The average molecular weight is 319 g/mol. The van der Waals surface area contributed by atoms with Crippen molar-refractivity contribution in [3.05, 3.63) is 65.0 Å². The van der Waals surface area contributed by atoms with Gasteiger partial charge in [-0.1, -0.05) is 30.3 Å². The van der Waals surface area contributed by atoms with Crippen LogP contribution in [-0.4, -0.2) is 22.3 Å². The van der Waals surface area contributed by atoms with Gasteiger partial charge in [-0.25, -0.2) is 9.78 Å². The zero-order valence-electron chi connectivity index (χ0n) is 12.8. The van der Waals surface area contributed by atoms with Crippen LogP contribution in [-0.2, 0) is 0 Å². The molecule has 6 heteroatoms. The van der Waals surface area contributed by atoms with Gasteiger partial charge in [0.25, 0.3) is 0 Å². The van der Waals surface area contributed by atoms with E-state index in [0.717, 1.165) is 10.9 Å². The Morgan fingerprint density at radius 3 is 2.71 bits per heavy atom. The predicted molar refractivity (Wildman–Crippen MR) is 89.8 cm³/mol. The number of aromatic nitrogens is 3. The maximum absolute atomic E-state index is 12.2. The largest absolute Gasteiger partial charge is 0.497 e. The first-order valence-corrected chi connectivity index (χ1v) is 7.35. The third-order valence-corrected chi connectivity index (χ3v) is 3.71. The number of methoxy groups -OCH3 is 1. The molecule has 2 aromatic carbocycles. The van der Waals surface area contributed by atoms with Crippen LogP contribution in [0.25, 0.3) is 33.7 Å². The fourth-order valence-corrected chi connectivity index (χ4v) is 2.49. The topological polar surface area (TPSA) is 81.0 Å². The first-order valence-electron chi connectivity index (χ1n) is 7.35. The van der Waals surface area contributed by atoms with Crippen molar-refractivity contribution in [3.63, 3.8) is 0 Å². The van der Waals surface area contributed by atoms with Gasteiger partial charge in [0, 0.05) is 10.9 Å².